The third-order valence-corrected chi connectivity index (χ3v) is 2.54. The van der Waals surface area contributed by atoms with E-state index in [4.69, 9.17) is 5.11 Å². The lowest BCUT2D eigenvalue weighted by atomic mass is 10.2. The van der Waals surface area contributed by atoms with Crippen LogP contribution in [0.25, 0.3) is 0 Å². The summed E-state index contributed by atoms with van der Waals surface area (Å²) in [6.45, 7) is -0.224. The maximum Gasteiger partial charge on any atom is 0.116 e. The first-order valence-electron chi connectivity index (χ1n) is 4.46. The van der Waals surface area contributed by atoms with E-state index < -0.39 is 6.67 Å². The molecule has 0 spiro atoms. The molecule has 1 saturated carbocycles. The quantitative estimate of drug-likeness (QED) is 0.769. The first-order valence-corrected chi connectivity index (χ1v) is 4.46. The normalized spacial score (nSPS) is 26.0. The zero-order valence-electron chi connectivity index (χ0n) is 7.28. The molecule has 0 radical (unpaired) electrons. The van der Waals surface area contributed by atoms with Crippen LogP contribution in [0, 0.1) is 5.92 Å². The minimum Gasteiger partial charge on any atom is -0.396 e. The van der Waals surface area contributed by atoms with Gasteiger partial charge >= 0.3 is 0 Å². The van der Waals surface area contributed by atoms with Crippen LogP contribution in [0.15, 0.2) is 18.3 Å². The Labute approximate surface area is 76.4 Å². The van der Waals surface area contributed by atoms with E-state index in [-0.39, 0.29) is 6.61 Å². The minimum atomic E-state index is -0.457. The second kappa shape index (κ2) is 3.42. The van der Waals surface area contributed by atoms with E-state index in [1.54, 1.807) is 12.3 Å². The monoisotopic (exact) mass is 181 g/mol. The number of hydrogen-bond acceptors (Lipinski definition) is 2. The van der Waals surface area contributed by atoms with Crippen molar-refractivity contribution in [2.24, 2.45) is 5.92 Å². The number of alkyl halides is 1. The number of hydrogen-bond donors (Lipinski definition) is 1. The molecule has 0 aromatic carbocycles. The molecule has 0 aliphatic heterocycles. The molecule has 70 valence electrons. The molecule has 2 nitrogen and oxygen atoms in total. The molecule has 2 atom stereocenters. The Balaban J connectivity index is 2.07. The Bertz CT molecular complexity index is 285. The molecule has 1 heterocycles. The highest BCUT2D eigenvalue weighted by molar-refractivity contribution is 5.21. The summed E-state index contributed by atoms with van der Waals surface area (Å²) >= 11 is 0. The Morgan fingerprint density at radius 3 is 2.85 bits per heavy atom. The number of nitrogens with zero attached hydrogens (tertiary/aromatic N) is 1. The van der Waals surface area contributed by atoms with Crippen molar-refractivity contribution < 1.29 is 9.50 Å². The van der Waals surface area contributed by atoms with Crippen molar-refractivity contribution >= 4 is 0 Å². The van der Waals surface area contributed by atoms with Gasteiger partial charge in [0.05, 0.1) is 0 Å². The molecule has 1 aliphatic rings. The molecular formula is C10H12FNO. The Kier molecular flexibility index (Phi) is 2.27. The van der Waals surface area contributed by atoms with Crippen LogP contribution in [0.2, 0.25) is 0 Å². The predicted octanol–water partition coefficient (Wildman–Crippen LogP) is 1.65. The van der Waals surface area contributed by atoms with Crippen LogP contribution in [0.5, 0.6) is 0 Å². The fourth-order valence-electron chi connectivity index (χ4n) is 1.55. The first-order chi connectivity index (χ1) is 6.35. The van der Waals surface area contributed by atoms with E-state index in [0.717, 1.165) is 12.1 Å². The molecule has 2 rings (SSSR count). The molecular weight excluding hydrogens is 169 g/mol. The van der Waals surface area contributed by atoms with Crippen LogP contribution >= 0.6 is 0 Å². The maximum absolute atomic E-state index is 12.1. The highest BCUT2D eigenvalue weighted by atomic mass is 19.1. The van der Waals surface area contributed by atoms with Gasteiger partial charge < -0.3 is 5.11 Å². The van der Waals surface area contributed by atoms with Gasteiger partial charge in [-0.2, -0.15) is 0 Å². The highest BCUT2D eigenvalue weighted by Gasteiger charge is 2.38. The number of aromatic nitrogens is 1. The van der Waals surface area contributed by atoms with Gasteiger partial charge in [0, 0.05) is 30.0 Å². The topological polar surface area (TPSA) is 33.1 Å². The summed E-state index contributed by atoms with van der Waals surface area (Å²) in [4.78, 5) is 4.16. The zero-order chi connectivity index (χ0) is 9.26. The van der Waals surface area contributed by atoms with Gasteiger partial charge in [-0.15, -0.1) is 0 Å². The SMILES string of the molecule is OCC1CC1c1ccc(CF)cn1. The van der Waals surface area contributed by atoms with E-state index in [9.17, 15) is 4.39 Å². The van der Waals surface area contributed by atoms with Gasteiger partial charge in [-0.05, 0) is 18.4 Å². The fourth-order valence-corrected chi connectivity index (χ4v) is 1.55. The number of aliphatic hydroxyl groups excluding tert-OH is 1. The Morgan fingerprint density at radius 2 is 2.38 bits per heavy atom. The summed E-state index contributed by atoms with van der Waals surface area (Å²) in [5.41, 5.74) is 1.60. The average Bonchev–Trinajstić information content (AvgIpc) is 2.97. The number of halogens is 1. The van der Waals surface area contributed by atoms with E-state index in [1.807, 2.05) is 6.07 Å². The van der Waals surface area contributed by atoms with Crippen molar-refractivity contribution in [3.05, 3.63) is 29.6 Å². The second-order valence-corrected chi connectivity index (χ2v) is 3.51. The van der Waals surface area contributed by atoms with Crippen molar-refractivity contribution in [3.63, 3.8) is 0 Å². The van der Waals surface area contributed by atoms with Crippen molar-refractivity contribution in [3.8, 4) is 0 Å². The van der Waals surface area contributed by atoms with Gasteiger partial charge in [-0.3, -0.25) is 4.98 Å². The van der Waals surface area contributed by atoms with Gasteiger partial charge in [0.15, 0.2) is 0 Å². The Morgan fingerprint density at radius 1 is 1.54 bits per heavy atom. The van der Waals surface area contributed by atoms with Crippen molar-refractivity contribution in [1.29, 1.82) is 0 Å². The Hall–Kier alpha value is -0.960. The fraction of sp³-hybridized carbons (Fsp3) is 0.500. The minimum absolute atomic E-state index is 0.233. The van der Waals surface area contributed by atoms with Gasteiger partial charge in [-0.1, -0.05) is 6.07 Å². The van der Waals surface area contributed by atoms with E-state index in [1.165, 1.54) is 0 Å². The molecule has 1 fully saturated rings. The summed E-state index contributed by atoms with van der Waals surface area (Å²) in [5, 5.41) is 8.85. The summed E-state index contributed by atoms with van der Waals surface area (Å²) in [6, 6.07) is 3.62. The predicted molar refractivity (Wildman–Crippen MR) is 47.0 cm³/mol. The van der Waals surface area contributed by atoms with Crippen molar-refractivity contribution in [2.75, 3.05) is 6.61 Å². The summed E-state index contributed by atoms with van der Waals surface area (Å²) < 4.78 is 12.1. The third kappa shape index (κ3) is 1.70. The van der Waals surface area contributed by atoms with Crippen molar-refractivity contribution in [2.45, 2.75) is 19.0 Å². The average molecular weight is 181 g/mol. The van der Waals surface area contributed by atoms with Gasteiger partial charge in [0.2, 0.25) is 0 Å². The summed E-state index contributed by atoms with van der Waals surface area (Å²) in [7, 11) is 0. The van der Waals surface area contributed by atoms with Gasteiger partial charge in [0.25, 0.3) is 0 Å². The van der Waals surface area contributed by atoms with Crippen molar-refractivity contribution in [1.82, 2.24) is 4.98 Å². The molecule has 0 saturated heterocycles. The number of pyridine rings is 1. The first kappa shape index (κ1) is 8.63. The van der Waals surface area contributed by atoms with E-state index in [0.29, 0.717) is 17.4 Å². The molecule has 0 amide bonds. The number of rotatable bonds is 3. The van der Waals surface area contributed by atoms with Gasteiger partial charge in [0.1, 0.15) is 6.67 Å². The molecule has 13 heavy (non-hydrogen) atoms. The summed E-state index contributed by atoms with van der Waals surface area (Å²) in [5.74, 6) is 0.780. The lowest BCUT2D eigenvalue weighted by Crippen LogP contribution is -1.92. The lowest BCUT2D eigenvalue weighted by molar-refractivity contribution is 0.273. The van der Waals surface area contributed by atoms with Crippen LogP contribution < -0.4 is 0 Å². The van der Waals surface area contributed by atoms with Crippen LogP contribution in [0.1, 0.15) is 23.6 Å². The second-order valence-electron chi connectivity index (χ2n) is 3.51. The molecule has 1 N–H and O–H groups in total. The third-order valence-electron chi connectivity index (χ3n) is 2.54. The van der Waals surface area contributed by atoms with Crippen LogP contribution in [0.3, 0.4) is 0 Å². The molecule has 2 unspecified atom stereocenters. The number of aliphatic hydroxyl groups is 1. The van der Waals surface area contributed by atoms with E-state index >= 15 is 0 Å². The van der Waals surface area contributed by atoms with Crippen LogP contribution in [-0.4, -0.2) is 16.7 Å². The maximum atomic E-state index is 12.1. The lowest BCUT2D eigenvalue weighted by Gasteiger charge is -1.98. The zero-order valence-corrected chi connectivity index (χ0v) is 7.28. The highest BCUT2D eigenvalue weighted by Crippen LogP contribution is 2.45. The standard InChI is InChI=1S/C10H12FNO/c11-4-7-1-2-10(12-5-7)9-3-8(9)6-13/h1-2,5,8-9,13H,3-4,6H2. The molecule has 0 bridgehead atoms. The van der Waals surface area contributed by atoms with Gasteiger partial charge in [-0.25, -0.2) is 4.39 Å². The molecule has 1 aromatic heterocycles. The van der Waals surface area contributed by atoms with Crippen LogP contribution in [-0.2, 0) is 6.67 Å². The smallest absolute Gasteiger partial charge is 0.116 e. The molecule has 1 aromatic rings. The summed E-state index contributed by atoms with van der Waals surface area (Å²) in [6.07, 6.45) is 2.58. The largest absolute Gasteiger partial charge is 0.396 e. The van der Waals surface area contributed by atoms with Crippen LogP contribution in [0.4, 0.5) is 4.39 Å². The molecule has 1 aliphatic carbocycles. The molecule has 3 heteroatoms. The van der Waals surface area contributed by atoms with E-state index in [2.05, 4.69) is 4.98 Å².